The number of hydrogen-bond acceptors (Lipinski definition) is 6. The lowest BCUT2D eigenvalue weighted by Crippen LogP contribution is -2.51. The van der Waals surface area contributed by atoms with Gasteiger partial charge in [0.1, 0.15) is 29.2 Å². The van der Waals surface area contributed by atoms with E-state index in [1.54, 1.807) is 17.3 Å². The lowest BCUT2D eigenvalue weighted by molar-refractivity contribution is -0.135. The molecule has 4 heterocycles. The fraction of sp³-hybridized carbons (Fsp3) is 0.351. The largest absolute Gasteiger partial charge is 0.453 e. The maximum Gasteiger partial charge on any atom is 0.407 e. The highest BCUT2D eigenvalue weighted by Crippen LogP contribution is 2.35. The van der Waals surface area contributed by atoms with Crippen molar-refractivity contribution in [2.75, 3.05) is 20.2 Å². The Morgan fingerprint density at radius 1 is 1.00 bits per heavy atom. The number of methoxy groups -OCH3 is 1. The van der Waals surface area contributed by atoms with Crippen molar-refractivity contribution >= 4 is 12.0 Å². The topological polar surface area (TPSA) is 128 Å². The molecule has 0 aliphatic carbocycles. The third-order valence-corrected chi connectivity index (χ3v) is 8.76. The van der Waals surface area contributed by atoms with Crippen LogP contribution in [0.4, 0.5) is 9.18 Å². The molecule has 11 heteroatoms. The first-order chi connectivity index (χ1) is 23.3. The predicted molar refractivity (Wildman–Crippen MR) is 180 cm³/mol. The molecule has 10 nitrogen and oxygen atoms in total. The smallest absolute Gasteiger partial charge is 0.407 e. The zero-order valence-corrected chi connectivity index (χ0v) is 27.2. The van der Waals surface area contributed by atoms with Crippen molar-refractivity contribution in [3.05, 3.63) is 83.6 Å². The number of benzene rings is 2. The van der Waals surface area contributed by atoms with Gasteiger partial charge in [0.05, 0.1) is 42.8 Å². The van der Waals surface area contributed by atoms with Crippen LogP contribution in [0.2, 0.25) is 0 Å². The van der Waals surface area contributed by atoms with E-state index in [0.29, 0.717) is 41.3 Å². The zero-order valence-electron chi connectivity index (χ0n) is 27.2. The molecule has 2 aromatic heterocycles. The minimum Gasteiger partial charge on any atom is -0.453 e. The summed E-state index contributed by atoms with van der Waals surface area (Å²) in [6.07, 6.45) is 6.34. The molecule has 48 heavy (non-hydrogen) atoms. The highest BCUT2D eigenvalue weighted by molar-refractivity contribution is 5.86. The van der Waals surface area contributed by atoms with Crippen LogP contribution in [0.1, 0.15) is 74.5 Å². The minimum atomic E-state index is -0.737. The molecule has 0 spiro atoms. The Morgan fingerprint density at radius 3 is 2.54 bits per heavy atom. The minimum absolute atomic E-state index is 0.144. The zero-order chi connectivity index (χ0) is 33.6. The van der Waals surface area contributed by atoms with Crippen molar-refractivity contribution in [3.8, 4) is 46.1 Å². The van der Waals surface area contributed by atoms with E-state index < -0.39 is 18.0 Å². The van der Waals surface area contributed by atoms with Gasteiger partial charge in [0, 0.05) is 17.7 Å². The number of halogens is 1. The number of carbonyl (C=O) groups is 2. The molecular weight excluding hydrogens is 609 g/mol. The number of nitrogens with zero attached hydrogens (tertiary/aromatic N) is 3. The Labute approximate surface area is 279 Å². The first-order valence-electron chi connectivity index (χ1n) is 16.2. The Bertz CT molecular complexity index is 1900. The van der Waals surface area contributed by atoms with Crippen LogP contribution < -0.4 is 10.6 Å². The highest BCUT2D eigenvalue weighted by atomic mass is 19.1. The van der Waals surface area contributed by atoms with E-state index in [2.05, 4.69) is 54.3 Å². The quantitative estimate of drug-likeness (QED) is 0.197. The Kier molecular flexibility index (Phi) is 9.88. The maximum atomic E-state index is 15.9. The number of alkyl carbamates (subject to hydrolysis) is 1. The van der Waals surface area contributed by atoms with E-state index in [-0.39, 0.29) is 29.5 Å². The molecule has 2 amide bonds. The molecule has 2 saturated heterocycles. The van der Waals surface area contributed by atoms with Gasteiger partial charge in [0.25, 0.3) is 0 Å². The number of rotatable bonds is 7. The average molecular weight is 648 g/mol. The van der Waals surface area contributed by atoms with Crippen molar-refractivity contribution in [2.45, 2.75) is 57.7 Å². The van der Waals surface area contributed by atoms with Gasteiger partial charge in [-0.2, -0.15) is 0 Å². The summed E-state index contributed by atoms with van der Waals surface area (Å²) in [7, 11) is 1.27. The number of imidazole rings is 2. The third-order valence-electron chi connectivity index (χ3n) is 8.76. The number of amides is 2. The maximum absolute atomic E-state index is 15.9. The van der Waals surface area contributed by atoms with E-state index >= 15 is 4.39 Å². The highest BCUT2D eigenvalue weighted by Gasteiger charge is 2.37. The summed E-state index contributed by atoms with van der Waals surface area (Å²) in [4.78, 5) is 42.9. The second kappa shape index (κ2) is 14.6. The van der Waals surface area contributed by atoms with Crippen molar-refractivity contribution < 1.29 is 18.7 Å². The van der Waals surface area contributed by atoms with Gasteiger partial charge in [-0.15, -0.1) is 0 Å². The molecule has 2 aromatic carbocycles. The molecule has 0 radical (unpaired) electrons. The van der Waals surface area contributed by atoms with E-state index in [4.69, 9.17) is 4.74 Å². The van der Waals surface area contributed by atoms with Crippen LogP contribution >= 0.6 is 0 Å². The van der Waals surface area contributed by atoms with Gasteiger partial charge in [-0.3, -0.25) is 4.79 Å². The van der Waals surface area contributed by atoms with E-state index in [1.807, 2.05) is 50.2 Å². The molecule has 0 bridgehead atoms. The number of aromatic nitrogens is 4. The molecule has 2 aliphatic heterocycles. The summed E-state index contributed by atoms with van der Waals surface area (Å²) in [6, 6.07) is 12.0. The fourth-order valence-corrected chi connectivity index (χ4v) is 6.27. The van der Waals surface area contributed by atoms with Crippen LogP contribution in [-0.2, 0) is 9.53 Å². The van der Waals surface area contributed by atoms with Gasteiger partial charge in [0.15, 0.2) is 0 Å². The molecule has 6 rings (SSSR count). The SMILES string of the molecule is COC(=O)N[C@H](C(=O)N1CCCC1c1ncc(-c2cc(F)c(C#CC#Cc3cnc(C4CCCN4)[nH]3)c(-c3ccccc3)c2)[nH]1)C(C)C. The van der Waals surface area contributed by atoms with Crippen molar-refractivity contribution in [2.24, 2.45) is 5.92 Å². The molecule has 246 valence electrons. The van der Waals surface area contributed by atoms with Gasteiger partial charge in [-0.05, 0) is 79.5 Å². The number of ether oxygens (including phenoxy) is 1. The molecule has 2 unspecified atom stereocenters. The number of H-pyrrole nitrogens is 2. The Balaban J connectivity index is 1.26. The lowest BCUT2D eigenvalue weighted by Gasteiger charge is -2.30. The number of aromatic amines is 2. The normalized spacial score (nSPS) is 17.7. The molecule has 4 N–H and O–H groups in total. The molecular formula is C37H38FN7O3. The summed E-state index contributed by atoms with van der Waals surface area (Å²) in [5.74, 6) is 12.2. The van der Waals surface area contributed by atoms with E-state index in [0.717, 1.165) is 37.2 Å². The van der Waals surface area contributed by atoms with Gasteiger partial charge in [-0.1, -0.05) is 44.2 Å². The van der Waals surface area contributed by atoms with Gasteiger partial charge < -0.3 is 30.2 Å². The number of carbonyl (C=O) groups excluding carboxylic acids is 2. The second-order valence-electron chi connectivity index (χ2n) is 12.3. The van der Waals surface area contributed by atoms with Crippen LogP contribution in [0.3, 0.4) is 0 Å². The first-order valence-corrected chi connectivity index (χ1v) is 16.2. The Morgan fingerprint density at radius 2 is 1.79 bits per heavy atom. The monoisotopic (exact) mass is 647 g/mol. The van der Waals surface area contributed by atoms with E-state index in [9.17, 15) is 9.59 Å². The van der Waals surface area contributed by atoms with Crippen LogP contribution in [0, 0.1) is 35.4 Å². The first kappa shape index (κ1) is 32.5. The Hall–Kier alpha value is -5.39. The van der Waals surface area contributed by atoms with Gasteiger partial charge in [-0.25, -0.2) is 19.2 Å². The fourth-order valence-electron chi connectivity index (χ4n) is 6.27. The standard InChI is InChI=1S/C37H38FN7O3/c1-23(2)33(44-37(47)48-3)36(46)45-18-10-16-32(45)35-41-22-31(43-35)25-19-28(24-11-5-4-6-12-24)27(29(38)20-25)14-8-7-13-26-21-40-34(42-26)30-15-9-17-39-30/h4-6,11-12,19-23,30,32-33,39H,9-10,15-18H2,1-3H3,(H,40,42)(H,41,43)(H,44,47)/t30?,32?,33-/m0/s1. The molecule has 0 saturated carbocycles. The summed E-state index contributed by atoms with van der Waals surface area (Å²) >= 11 is 0. The second-order valence-corrected chi connectivity index (χ2v) is 12.3. The summed E-state index contributed by atoms with van der Waals surface area (Å²) in [5, 5.41) is 6.07. The van der Waals surface area contributed by atoms with Crippen molar-refractivity contribution in [3.63, 3.8) is 0 Å². The number of hydrogen-bond donors (Lipinski definition) is 4. The van der Waals surface area contributed by atoms with Gasteiger partial charge in [0.2, 0.25) is 5.91 Å². The summed E-state index contributed by atoms with van der Waals surface area (Å²) < 4.78 is 20.6. The van der Waals surface area contributed by atoms with Crippen LogP contribution in [-0.4, -0.2) is 63.1 Å². The molecule has 4 aromatic rings. The van der Waals surface area contributed by atoms with Crippen molar-refractivity contribution in [1.29, 1.82) is 0 Å². The number of likely N-dealkylation sites (tertiary alicyclic amines) is 1. The van der Waals surface area contributed by atoms with Crippen molar-refractivity contribution in [1.82, 2.24) is 35.5 Å². The summed E-state index contributed by atoms with van der Waals surface area (Å²) in [5.41, 5.74) is 3.53. The third kappa shape index (κ3) is 7.12. The molecule has 3 atom stereocenters. The molecule has 2 aliphatic rings. The van der Waals surface area contributed by atoms with Crippen LogP contribution in [0.5, 0.6) is 0 Å². The van der Waals surface area contributed by atoms with Crippen LogP contribution in [0.15, 0.2) is 54.9 Å². The van der Waals surface area contributed by atoms with Gasteiger partial charge >= 0.3 is 6.09 Å². The van der Waals surface area contributed by atoms with Crippen LogP contribution in [0.25, 0.3) is 22.4 Å². The van der Waals surface area contributed by atoms with E-state index in [1.165, 1.54) is 13.2 Å². The summed E-state index contributed by atoms with van der Waals surface area (Å²) in [6.45, 7) is 5.26. The predicted octanol–water partition coefficient (Wildman–Crippen LogP) is 5.48. The molecule has 2 fully saturated rings. The number of nitrogens with one attached hydrogen (secondary N) is 4. The lowest BCUT2D eigenvalue weighted by atomic mass is 9.96. The average Bonchev–Trinajstić information content (AvgIpc) is 3.93.